The Morgan fingerprint density at radius 1 is 1.10 bits per heavy atom. The molecule has 1 N–H and O–H groups in total. The normalized spacial score (nSPS) is 11.8. The van der Waals surface area contributed by atoms with Crippen LogP contribution >= 0.6 is 15.9 Å². The molecular weight excluding hydrogens is 454 g/mol. The van der Waals surface area contributed by atoms with Gasteiger partial charge >= 0.3 is 0 Å². The SMILES string of the molecule is CCN(CC)S(=O)(=O)c1ccc(C)c(NC(=O)CN(C)Cc2ccccc2Br)c1. The van der Waals surface area contributed by atoms with E-state index in [1.54, 1.807) is 26.0 Å². The Morgan fingerprint density at radius 2 is 1.76 bits per heavy atom. The minimum atomic E-state index is -3.58. The highest BCUT2D eigenvalue weighted by Gasteiger charge is 2.22. The summed E-state index contributed by atoms with van der Waals surface area (Å²) >= 11 is 3.52. The lowest BCUT2D eigenvalue weighted by molar-refractivity contribution is -0.117. The van der Waals surface area contributed by atoms with Crippen molar-refractivity contribution in [2.24, 2.45) is 0 Å². The van der Waals surface area contributed by atoms with Crippen molar-refractivity contribution in [3.63, 3.8) is 0 Å². The van der Waals surface area contributed by atoms with Gasteiger partial charge in [0, 0.05) is 29.8 Å². The molecule has 2 rings (SSSR count). The van der Waals surface area contributed by atoms with Crippen molar-refractivity contribution in [3.8, 4) is 0 Å². The fourth-order valence-electron chi connectivity index (χ4n) is 3.02. The van der Waals surface area contributed by atoms with Crippen LogP contribution in [-0.2, 0) is 21.4 Å². The van der Waals surface area contributed by atoms with Crippen molar-refractivity contribution in [1.29, 1.82) is 0 Å². The Balaban J connectivity index is 2.11. The molecule has 0 saturated heterocycles. The summed E-state index contributed by atoms with van der Waals surface area (Å²) in [4.78, 5) is 14.6. The van der Waals surface area contributed by atoms with Gasteiger partial charge in [-0.2, -0.15) is 4.31 Å². The van der Waals surface area contributed by atoms with E-state index in [4.69, 9.17) is 0 Å². The number of hydrogen-bond donors (Lipinski definition) is 1. The average molecular weight is 482 g/mol. The molecule has 0 radical (unpaired) electrons. The molecule has 0 heterocycles. The number of carbonyl (C=O) groups excluding carboxylic acids is 1. The number of nitrogens with one attached hydrogen (secondary N) is 1. The van der Waals surface area contributed by atoms with Gasteiger partial charge in [0.1, 0.15) is 0 Å². The van der Waals surface area contributed by atoms with E-state index in [0.717, 1.165) is 15.6 Å². The van der Waals surface area contributed by atoms with Crippen molar-refractivity contribution in [2.45, 2.75) is 32.2 Å². The van der Waals surface area contributed by atoms with Crippen molar-refractivity contribution >= 4 is 37.5 Å². The Morgan fingerprint density at radius 3 is 2.38 bits per heavy atom. The molecule has 8 heteroatoms. The average Bonchev–Trinajstić information content (AvgIpc) is 2.66. The smallest absolute Gasteiger partial charge is 0.243 e. The van der Waals surface area contributed by atoms with Gasteiger partial charge in [-0.05, 0) is 43.3 Å². The van der Waals surface area contributed by atoms with Gasteiger partial charge in [0.15, 0.2) is 0 Å². The van der Waals surface area contributed by atoms with Gasteiger partial charge in [0.05, 0.1) is 11.4 Å². The van der Waals surface area contributed by atoms with Crippen LogP contribution in [0.5, 0.6) is 0 Å². The summed E-state index contributed by atoms with van der Waals surface area (Å²) in [5, 5.41) is 2.85. The third-order valence-electron chi connectivity index (χ3n) is 4.64. The third kappa shape index (κ3) is 6.12. The Labute approximate surface area is 182 Å². The third-order valence-corrected chi connectivity index (χ3v) is 7.46. The Hall–Kier alpha value is -1.74. The first kappa shape index (κ1) is 23.5. The van der Waals surface area contributed by atoms with Crippen LogP contribution in [0.15, 0.2) is 51.8 Å². The molecule has 0 unspecified atom stereocenters. The van der Waals surface area contributed by atoms with Crippen molar-refractivity contribution in [1.82, 2.24) is 9.21 Å². The van der Waals surface area contributed by atoms with E-state index in [2.05, 4.69) is 21.2 Å². The Kier molecular flexibility index (Phi) is 8.39. The first-order valence-electron chi connectivity index (χ1n) is 9.51. The zero-order chi connectivity index (χ0) is 21.6. The van der Waals surface area contributed by atoms with Crippen molar-refractivity contribution in [2.75, 3.05) is 32.0 Å². The minimum absolute atomic E-state index is 0.184. The summed E-state index contributed by atoms with van der Waals surface area (Å²) < 4.78 is 27.9. The van der Waals surface area contributed by atoms with E-state index in [9.17, 15) is 13.2 Å². The number of amides is 1. The summed E-state index contributed by atoms with van der Waals surface area (Å²) in [6, 6.07) is 12.7. The number of sulfonamides is 1. The largest absolute Gasteiger partial charge is 0.325 e. The van der Waals surface area contributed by atoms with Crippen LogP contribution in [0.2, 0.25) is 0 Å². The zero-order valence-corrected chi connectivity index (χ0v) is 19.7. The van der Waals surface area contributed by atoms with E-state index in [0.29, 0.717) is 25.3 Å². The first-order valence-corrected chi connectivity index (χ1v) is 11.7. The maximum absolute atomic E-state index is 12.8. The quantitative estimate of drug-likeness (QED) is 0.590. The summed E-state index contributed by atoms with van der Waals surface area (Å²) in [5.41, 5.74) is 2.41. The van der Waals surface area contributed by atoms with Gasteiger partial charge in [-0.3, -0.25) is 9.69 Å². The molecule has 0 aliphatic rings. The summed E-state index contributed by atoms with van der Waals surface area (Å²) in [6.07, 6.45) is 0. The molecule has 0 fully saturated rings. The predicted molar refractivity (Wildman–Crippen MR) is 120 cm³/mol. The number of rotatable bonds is 9. The molecule has 0 spiro atoms. The lowest BCUT2D eigenvalue weighted by Crippen LogP contribution is -2.31. The molecule has 1 amide bonds. The predicted octanol–water partition coefficient (Wildman–Crippen LogP) is 3.86. The van der Waals surface area contributed by atoms with Crippen LogP contribution in [0.4, 0.5) is 5.69 Å². The van der Waals surface area contributed by atoms with Gasteiger partial charge < -0.3 is 5.32 Å². The lowest BCUT2D eigenvalue weighted by Gasteiger charge is -2.20. The molecule has 6 nitrogen and oxygen atoms in total. The number of nitrogens with zero attached hydrogens (tertiary/aromatic N) is 2. The number of carbonyl (C=O) groups is 1. The molecule has 158 valence electrons. The van der Waals surface area contributed by atoms with Crippen LogP contribution in [0, 0.1) is 6.92 Å². The van der Waals surface area contributed by atoms with Crippen LogP contribution in [0.3, 0.4) is 0 Å². The molecule has 2 aromatic rings. The maximum atomic E-state index is 12.8. The molecular formula is C21H28BrN3O3S. The van der Waals surface area contributed by atoms with E-state index < -0.39 is 10.0 Å². The Bertz CT molecular complexity index is 959. The second-order valence-electron chi connectivity index (χ2n) is 6.88. The van der Waals surface area contributed by atoms with Gasteiger partial charge in [0.2, 0.25) is 15.9 Å². The van der Waals surface area contributed by atoms with Crippen LogP contribution in [0.1, 0.15) is 25.0 Å². The number of aryl methyl sites for hydroxylation is 1. The molecule has 0 aliphatic carbocycles. The second-order valence-corrected chi connectivity index (χ2v) is 9.67. The van der Waals surface area contributed by atoms with Crippen LogP contribution in [-0.4, -0.2) is 50.2 Å². The molecule has 2 aromatic carbocycles. The lowest BCUT2D eigenvalue weighted by atomic mass is 10.2. The first-order chi connectivity index (χ1) is 13.7. The molecule has 0 saturated carbocycles. The molecule has 0 atom stereocenters. The molecule has 0 aromatic heterocycles. The minimum Gasteiger partial charge on any atom is -0.325 e. The fourth-order valence-corrected chi connectivity index (χ4v) is 4.91. The van der Waals surface area contributed by atoms with E-state index >= 15 is 0 Å². The second kappa shape index (κ2) is 10.3. The van der Waals surface area contributed by atoms with Crippen molar-refractivity contribution < 1.29 is 13.2 Å². The zero-order valence-electron chi connectivity index (χ0n) is 17.3. The fraction of sp³-hybridized carbons (Fsp3) is 0.381. The maximum Gasteiger partial charge on any atom is 0.243 e. The number of anilines is 1. The van der Waals surface area contributed by atoms with Crippen LogP contribution in [0.25, 0.3) is 0 Å². The van der Waals surface area contributed by atoms with Crippen LogP contribution < -0.4 is 5.32 Å². The van der Waals surface area contributed by atoms with Gasteiger partial charge in [-0.15, -0.1) is 0 Å². The highest BCUT2D eigenvalue weighted by Crippen LogP contribution is 2.23. The van der Waals surface area contributed by atoms with E-state index in [-0.39, 0.29) is 17.3 Å². The summed E-state index contributed by atoms with van der Waals surface area (Å²) in [7, 11) is -1.71. The molecule has 29 heavy (non-hydrogen) atoms. The summed E-state index contributed by atoms with van der Waals surface area (Å²) in [6.45, 7) is 7.05. The molecule has 0 bridgehead atoms. The number of likely N-dealkylation sites (N-methyl/N-ethyl adjacent to an activating group) is 1. The number of benzene rings is 2. The van der Waals surface area contributed by atoms with Crippen molar-refractivity contribution in [3.05, 3.63) is 58.1 Å². The monoisotopic (exact) mass is 481 g/mol. The standard InChI is InChI=1S/C21H28BrN3O3S/c1-5-25(6-2)29(27,28)18-12-11-16(3)20(13-18)23-21(26)15-24(4)14-17-9-7-8-10-19(17)22/h7-13H,5-6,14-15H2,1-4H3,(H,23,26). The highest BCUT2D eigenvalue weighted by atomic mass is 79.9. The number of halogens is 1. The highest BCUT2D eigenvalue weighted by molar-refractivity contribution is 9.10. The van der Waals surface area contributed by atoms with E-state index in [1.807, 2.05) is 43.1 Å². The van der Waals surface area contributed by atoms with E-state index in [1.165, 1.54) is 10.4 Å². The topological polar surface area (TPSA) is 69.7 Å². The molecule has 0 aliphatic heterocycles. The summed E-state index contributed by atoms with van der Waals surface area (Å²) in [5.74, 6) is -0.194. The van der Waals surface area contributed by atoms with Gasteiger partial charge in [-0.25, -0.2) is 8.42 Å². The van der Waals surface area contributed by atoms with Gasteiger partial charge in [0.25, 0.3) is 0 Å². The van der Waals surface area contributed by atoms with Gasteiger partial charge in [-0.1, -0.05) is 54.0 Å². The number of hydrogen-bond acceptors (Lipinski definition) is 4.